The van der Waals surface area contributed by atoms with E-state index in [0.717, 1.165) is 60.1 Å². The maximum Gasteiger partial charge on any atom is 0.222 e. The molecule has 3 heterocycles. The fraction of sp³-hybridized carbons (Fsp3) is 0.360. The largest absolute Gasteiger partial charge is 0.343 e. The number of nitrogens with zero attached hydrogens (tertiary/aromatic N) is 5. The van der Waals surface area contributed by atoms with Crippen LogP contribution in [0, 0.1) is 12.7 Å². The van der Waals surface area contributed by atoms with Crippen LogP contribution >= 0.6 is 11.8 Å². The van der Waals surface area contributed by atoms with Crippen LogP contribution in [0.4, 0.5) is 4.39 Å². The first-order chi connectivity index (χ1) is 16.1. The number of rotatable bonds is 7. The number of likely N-dealkylation sites (tertiary alicyclic amines) is 1. The number of aromatic nitrogens is 4. The molecule has 0 atom stereocenters. The van der Waals surface area contributed by atoms with Crippen LogP contribution in [0.1, 0.15) is 36.8 Å². The fourth-order valence-electron chi connectivity index (χ4n) is 4.38. The maximum absolute atomic E-state index is 14.4. The predicted molar refractivity (Wildman–Crippen MR) is 129 cm³/mol. The second-order valence-electron chi connectivity index (χ2n) is 8.50. The molecule has 170 valence electrons. The Morgan fingerprint density at radius 1 is 1.12 bits per heavy atom. The van der Waals surface area contributed by atoms with Gasteiger partial charge >= 0.3 is 0 Å². The molecule has 4 aromatic rings. The van der Waals surface area contributed by atoms with E-state index < -0.39 is 0 Å². The molecule has 0 bridgehead atoms. The van der Waals surface area contributed by atoms with E-state index >= 15 is 0 Å². The summed E-state index contributed by atoms with van der Waals surface area (Å²) in [7, 11) is 0. The Kier molecular flexibility index (Phi) is 6.26. The Labute approximate surface area is 196 Å². The molecule has 1 saturated heterocycles. The van der Waals surface area contributed by atoms with Crippen molar-refractivity contribution in [3.63, 3.8) is 0 Å². The molecule has 2 aromatic heterocycles. The monoisotopic (exact) mass is 463 g/mol. The van der Waals surface area contributed by atoms with Crippen molar-refractivity contribution in [1.82, 2.24) is 24.6 Å². The molecule has 0 N–H and O–H groups in total. The summed E-state index contributed by atoms with van der Waals surface area (Å²) in [6.45, 7) is 4.18. The lowest BCUT2D eigenvalue weighted by Gasteiger charge is -2.14. The zero-order chi connectivity index (χ0) is 22.8. The molecular formula is C25H26FN5OS. The van der Waals surface area contributed by atoms with Crippen molar-refractivity contribution in [2.75, 3.05) is 18.8 Å². The second-order valence-corrected chi connectivity index (χ2v) is 9.57. The number of halogens is 1. The van der Waals surface area contributed by atoms with Gasteiger partial charge in [0.1, 0.15) is 11.3 Å². The summed E-state index contributed by atoms with van der Waals surface area (Å²) in [6, 6.07) is 13.0. The van der Waals surface area contributed by atoms with E-state index in [0.29, 0.717) is 29.3 Å². The third-order valence-corrected chi connectivity index (χ3v) is 7.04. The van der Waals surface area contributed by atoms with E-state index in [1.165, 1.54) is 17.8 Å². The van der Waals surface area contributed by atoms with Crippen LogP contribution in [-0.2, 0) is 11.3 Å². The first-order valence-electron chi connectivity index (χ1n) is 11.4. The van der Waals surface area contributed by atoms with Gasteiger partial charge in [-0.2, -0.15) is 0 Å². The van der Waals surface area contributed by atoms with Crippen LogP contribution in [0.5, 0.6) is 0 Å². The van der Waals surface area contributed by atoms with Gasteiger partial charge < -0.3 is 9.47 Å². The summed E-state index contributed by atoms with van der Waals surface area (Å²) in [5.41, 5.74) is 4.10. The number of thioether (sulfide) groups is 1. The summed E-state index contributed by atoms with van der Waals surface area (Å²) >= 11 is 1.51. The van der Waals surface area contributed by atoms with Gasteiger partial charge in [0, 0.05) is 36.2 Å². The lowest BCUT2D eigenvalue weighted by molar-refractivity contribution is -0.130. The molecule has 1 aliphatic rings. The van der Waals surface area contributed by atoms with Gasteiger partial charge in [0.2, 0.25) is 11.1 Å². The molecule has 0 radical (unpaired) electrons. The van der Waals surface area contributed by atoms with Crippen molar-refractivity contribution in [1.29, 1.82) is 0 Å². The van der Waals surface area contributed by atoms with Crippen molar-refractivity contribution < 1.29 is 9.18 Å². The quantitative estimate of drug-likeness (QED) is 0.286. The van der Waals surface area contributed by atoms with Gasteiger partial charge in [-0.25, -0.2) is 9.37 Å². The first kappa shape index (κ1) is 21.8. The molecule has 0 spiro atoms. The number of benzene rings is 2. The topological polar surface area (TPSA) is 63.9 Å². The highest BCUT2D eigenvalue weighted by atomic mass is 32.2. The Morgan fingerprint density at radius 3 is 2.76 bits per heavy atom. The van der Waals surface area contributed by atoms with E-state index in [4.69, 9.17) is 4.98 Å². The van der Waals surface area contributed by atoms with Gasteiger partial charge in [-0.05, 0) is 44.4 Å². The average Bonchev–Trinajstić information content (AvgIpc) is 3.45. The first-order valence-corrected chi connectivity index (χ1v) is 12.4. The minimum Gasteiger partial charge on any atom is -0.343 e. The number of hydrogen-bond donors (Lipinski definition) is 0. The molecule has 33 heavy (non-hydrogen) atoms. The summed E-state index contributed by atoms with van der Waals surface area (Å²) in [4.78, 5) is 19.0. The number of fused-ring (bicyclic) bond motifs is 3. The summed E-state index contributed by atoms with van der Waals surface area (Å²) < 4.78 is 16.4. The van der Waals surface area contributed by atoms with Crippen LogP contribution in [0.2, 0.25) is 0 Å². The molecule has 1 aliphatic heterocycles. The second kappa shape index (κ2) is 9.47. The van der Waals surface area contributed by atoms with E-state index in [1.54, 1.807) is 12.1 Å². The fourth-order valence-corrected chi connectivity index (χ4v) is 5.11. The van der Waals surface area contributed by atoms with Crippen LogP contribution in [0.15, 0.2) is 47.6 Å². The number of hydrogen-bond acceptors (Lipinski definition) is 5. The van der Waals surface area contributed by atoms with Gasteiger partial charge in [-0.15, -0.1) is 10.2 Å². The highest BCUT2D eigenvalue weighted by Gasteiger charge is 2.18. The molecule has 6 nitrogen and oxygen atoms in total. The molecule has 1 amide bonds. The molecule has 0 saturated carbocycles. The summed E-state index contributed by atoms with van der Waals surface area (Å²) in [6.07, 6.45) is 3.55. The standard InChI is InChI=1S/C25H26FN5OS/c1-17-10-11-21-19(15-17)23-24(31(21)16-18-7-2-3-8-20(18)26)27-25(29-28-23)33-14-6-9-22(32)30-12-4-5-13-30/h2-3,7-8,10-11,15H,4-6,9,12-14,16H2,1H3. The SMILES string of the molecule is Cc1ccc2c(c1)c1nnc(SCCCC(=O)N3CCCC3)nc1n2Cc1ccccc1F. The van der Waals surface area contributed by atoms with E-state index in [9.17, 15) is 9.18 Å². The highest BCUT2D eigenvalue weighted by molar-refractivity contribution is 7.99. The zero-order valence-corrected chi connectivity index (χ0v) is 19.4. The molecular weight excluding hydrogens is 437 g/mol. The molecule has 1 fully saturated rings. The van der Waals surface area contributed by atoms with Gasteiger partial charge in [0.15, 0.2) is 5.65 Å². The van der Waals surface area contributed by atoms with E-state index in [1.807, 2.05) is 34.6 Å². The molecule has 5 rings (SSSR count). The predicted octanol–water partition coefficient (Wildman–Crippen LogP) is 4.97. The smallest absolute Gasteiger partial charge is 0.222 e. The maximum atomic E-state index is 14.4. The minimum atomic E-state index is -0.237. The van der Waals surface area contributed by atoms with E-state index in [-0.39, 0.29) is 11.7 Å². The zero-order valence-electron chi connectivity index (χ0n) is 18.6. The lowest BCUT2D eigenvalue weighted by atomic mass is 10.1. The molecule has 8 heteroatoms. The number of carbonyl (C=O) groups excluding carboxylic acids is 1. The Hall–Kier alpha value is -3.00. The number of carbonyl (C=O) groups is 1. The Morgan fingerprint density at radius 2 is 1.94 bits per heavy atom. The van der Waals surface area contributed by atoms with Crippen molar-refractivity contribution in [2.45, 2.75) is 44.3 Å². The molecule has 2 aromatic carbocycles. The van der Waals surface area contributed by atoms with Crippen molar-refractivity contribution >= 4 is 39.7 Å². The Balaban J connectivity index is 1.39. The van der Waals surface area contributed by atoms with Crippen molar-refractivity contribution in [2.24, 2.45) is 0 Å². The van der Waals surface area contributed by atoms with Gasteiger partial charge in [0.05, 0.1) is 12.1 Å². The van der Waals surface area contributed by atoms with Gasteiger partial charge in [0.25, 0.3) is 0 Å². The van der Waals surface area contributed by atoms with Crippen LogP contribution in [0.3, 0.4) is 0 Å². The van der Waals surface area contributed by atoms with Crippen LogP contribution in [-0.4, -0.2) is 49.4 Å². The lowest BCUT2D eigenvalue weighted by Crippen LogP contribution is -2.27. The third kappa shape index (κ3) is 4.57. The average molecular weight is 464 g/mol. The van der Waals surface area contributed by atoms with Crippen molar-refractivity contribution in [3.05, 3.63) is 59.4 Å². The van der Waals surface area contributed by atoms with Gasteiger partial charge in [-0.1, -0.05) is 41.6 Å². The molecule has 0 unspecified atom stereocenters. The van der Waals surface area contributed by atoms with Crippen LogP contribution in [0.25, 0.3) is 22.1 Å². The third-order valence-electron chi connectivity index (χ3n) is 6.11. The summed E-state index contributed by atoms with van der Waals surface area (Å²) in [5.74, 6) is 0.751. The van der Waals surface area contributed by atoms with Crippen LogP contribution < -0.4 is 0 Å². The molecule has 0 aliphatic carbocycles. The normalized spacial score (nSPS) is 13.9. The van der Waals surface area contributed by atoms with Crippen molar-refractivity contribution in [3.8, 4) is 0 Å². The van der Waals surface area contributed by atoms with E-state index in [2.05, 4.69) is 16.3 Å². The minimum absolute atomic E-state index is 0.237. The van der Waals surface area contributed by atoms with Gasteiger partial charge in [-0.3, -0.25) is 4.79 Å². The number of amides is 1. The highest BCUT2D eigenvalue weighted by Crippen LogP contribution is 2.29. The summed E-state index contributed by atoms with van der Waals surface area (Å²) in [5, 5.41) is 10.4. The Bertz CT molecular complexity index is 1320. The number of aryl methyl sites for hydroxylation is 1.